The van der Waals surface area contributed by atoms with Gasteiger partial charge in [0, 0.05) is 30.1 Å². The summed E-state index contributed by atoms with van der Waals surface area (Å²) >= 11 is 0. The van der Waals surface area contributed by atoms with Gasteiger partial charge in [0.25, 0.3) is 5.91 Å². The summed E-state index contributed by atoms with van der Waals surface area (Å²) in [6.07, 6.45) is 0.635. The average Bonchev–Trinajstić information content (AvgIpc) is 3.36. The maximum absolute atomic E-state index is 13.7. The number of para-hydroxylation sites is 2. The molecule has 3 aromatic carbocycles. The Kier molecular flexibility index (Phi) is 6.38. The zero-order valence-electron chi connectivity index (χ0n) is 20.7. The molecule has 2 heterocycles. The van der Waals surface area contributed by atoms with Crippen LogP contribution in [0, 0.1) is 0 Å². The molecule has 5 rings (SSSR count). The van der Waals surface area contributed by atoms with E-state index in [1.165, 1.54) is 0 Å². The lowest BCUT2D eigenvalue weighted by atomic mass is 9.98. The molecule has 1 atom stereocenters. The summed E-state index contributed by atoms with van der Waals surface area (Å²) in [7, 11) is 5.16. The molecular weight excluding hydrogens is 454 g/mol. The van der Waals surface area contributed by atoms with Gasteiger partial charge in [-0.2, -0.15) is 0 Å². The molecule has 0 unspecified atom stereocenters. The Morgan fingerprint density at radius 3 is 2.42 bits per heavy atom. The fourth-order valence-corrected chi connectivity index (χ4v) is 5.12. The van der Waals surface area contributed by atoms with Gasteiger partial charge in [0.1, 0.15) is 23.7 Å². The second-order valence-corrected chi connectivity index (χ2v) is 8.86. The SMILES string of the molecule is COc1ccc([C@@H]2c3c(n(C)c4ccccc34)C(=O)N2CC(=O)NCCc2ccccc2OC)cc1. The largest absolute Gasteiger partial charge is 0.497 e. The summed E-state index contributed by atoms with van der Waals surface area (Å²) < 4.78 is 12.7. The number of benzene rings is 3. The summed E-state index contributed by atoms with van der Waals surface area (Å²) in [5.41, 5.74) is 4.51. The maximum Gasteiger partial charge on any atom is 0.272 e. The van der Waals surface area contributed by atoms with Gasteiger partial charge < -0.3 is 24.3 Å². The van der Waals surface area contributed by atoms with Gasteiger partial charge in [-0.25, -0.2) is 0 Å². The minimum absolute atomic E-state index is 0.0372. The van der Waals surface area contributed by atoms with Crippen LogP contribution in [-0.2, 0) is 18.3 Å². The second kappa shape index (κ2) is 9.77. The van der Waals surface area contributed by atoms with Gasteiger partial charge in [-0.15, -0.1) is 0 Å². The Balaban J connectivity index is 1.41. The van der Waals surface area contributed by atoms with Gasteiger partial charge in [-0.05, 0) is 41.8 Å². The highest BCUT2D eigenvalue weighted by Crippen LogP contribution is 2.43. The van der Waals surface area contributed by atoms with Crippen LogP contribution in [-0.4, -0.2) is 48.6 Å². The van der Waals surface area contributed by atoms with Crippen LogP contribution >= 0.6 is 0 Å². The number of methoxy groups -OCH3 is 2. The molecule has 1 aromatic heterocycles. The van der Waals surface area contributed by atoms with E-state index in [0.29, 0.717) is 18.7 Å². The number of amides is 2. The molecule has 0 saturated heterocycles. The molecule has 2 amide bonds. The van der Waals surface area contributed by atoms with Gasteiger partial charge in [-0.3, -0.25) is 9.59 Å². The lowest BCUT2D eigenvalue weighted by molar-refractivity contribution is -0.122. The Bertz CT molecular complexity index is 1420. The highest BCUT2D eigenvalue weighted by atomic mass is 16.5. The molecule has 1 aliphatic heterocycles. The fourth-order valence-electron chi connectivity index (χ4n) is 5.12. The van der Waals surface area contributed by atoms with E-state index in [2.05, 4.69) is 5.32 Å². The standard InChI is InChI=1S/C29H29N3O4/c1-31-23-10-6-5-9-22(23)26-27(20-12-14-21(35-2)15-13-20)32(29(34)28(26)31)18-25(33)30-17-16-19-8-4-7-11-24(19)36-3/h4-15,27H,16-18H2,1-3H3,(H,30,33)/t27-/m1/s1. The van der Waals surface area contributed by atoms with Crippen molar-refractivity contribution in [1.82, 2.24) is 14.8 Å². The van der Waals surface area contributed by atoms with E-state index in [1.807, 2.05) is 84.4 Å². The van der Waals surface area contributed by atoms with Crippen LogP contribution in [0.3, 0.4) is 0 Å². The molecular formula is C29H29N3O4. The second-order valence-electron chi connectivity index (χ2n) is 8.86. The minimum Gasteiger partial charge on any atom is -0.497 e. The van der Waals surface area contributed by atoms with E-state index in [4.69, 9.17) is 9.47 Å². The third kappa shape index (κ3) is 4.06. The Morgan fingerprint density at radius 2 is 1.67 bits per heavy atom. The molecule has 0 spiro atoms. The monoisotopic (exact) mass is 483 g/mol. The number of aryl methyl sites for hydroxylation is 1. The zero-order valence-corrected chi connectivity index (χ0v) is 20.7. The van der Waals surface area contributed by atoms with Gasteiger partial charge in [-0.1, -0.05) is 48.5 Å². The molecule has 36 heavy (non-hydrogen) atoms. The molecule has 7 heteroatoms. The number of carbonyl (C=O) groups is 2. The van der Waals surface area contributed by atoms with E-state index in [9.17, 15) is 9.59 Å². The van der Waals surface area contributed by atoms with Crippen LogP contribution in [0.2, 0.25) is 0 Å². The van der Waals surface area contributed by atoms with Crippen molar-refractivity contribution in [3.63, 3.8) is 0 Å². The smallest absolute Gasteiger partial charge is 0.272 e. The van der Waals surface area contributed by atoms with E-state index in [1.54, 1.807) is 19.1 Å². The number of hydrogen-bond donors (Lipinski definition) is 1. The average molecular weight is 484 g/mol. The van der Waals surface area contributed by atoms with Gasteiger partial charge in [0.2, 0.25) is 5.91 Å². The number of nitrogens with zero attached hydrogens (tertiary/aromatic N) is 2. The molecule has 7 nitrogen and oxygen atoms in total. The van der Waals surface area contributed by atoms with Crippen LogP contribution in [0.4, 0.5) is 0 Å². The number of ether oxygens (including phenoxy) is 2. The predicted octanol–water partition coefficient (Wildman–Crippen LogP) is 4.10. The van der Waals surface area contributed by atoms with Gasteiger partial charge in [0.05, 0.1) is 20.3 Å². The molecule has 0 aliphatic carbocycles. The van der Waals surface area contributed by atoms with Crippen molar-refractivity contribution in [2.24, 2.45) is 7.05 Å². The third-order valence-corrected chi connectivity index (χ3v) is 6.85. The lowest BCUT2D eigenvalue weighted by Gasteiger charge is -2.26. The molecule has 4 aromatic rings. The Morgan fingerprint density at radius 1 is 0.944 bits per heavy atom. The van der Waals surface area contributed by atoms with Crippen molar-refractivity contribution in [3.05, 3.63) is 95.2 Å². The fraction of sp³-hybridized carbons (Fsp3) is 0.241. The first kappa shape index (κ1) is 23.5. The van der Waals surface area contributed by atoms with Crippen molar-refractivity contribution in [1.29, 1.82) is 0 Å². The van der Waals surface area contributed by atoms with E-state index in [0.717, 1.165) is 39.1 Å². The van der Waals surface area contributed by atoms with Crippen LogP contribution in [0.15, 0.2) is 72.8 Å². The van der Waals surface area contributed by atoms with Crippen LogP contribution < -0.4 is 14.8 Å². The maximum atomic E-state index is 13.7. The van der Waals surface area contributed by atoms with Crippen molar-refractivity contribution in [3.8, 4) is 11.5 Å². The van der Waals surface area contributed by atoms with E-state index < -0.39 is 0 Å². The first-order valence-corrected chi connectivity index (χ1v) is 11.9. The first-order chi connectivity index (χ1) is 17.5. The number of fused-ring (bicyclic) bond motifs is 3. The lowest BCUT2D eigenvalue weighted by Crippen LogP contribution is -2.40. The highest BCUT2D eigenvalue weighted by molar-refractivity contribution is 6.07. The van der Waals surface area contributed by atoms with E-state index >= 15 is 0 Å². The minimum atomic E-state index is -0.371. The summed E-state index contributed by atoms with van der Waals surface area (Å²) in [5, 5.41) is 3.99. The van der Waals surface area contributed by atoms with Crippen LogP contribution in [0.1, 0.15) is 33.2 Å². The molecule has 184 valence electrons. The van der Waals surface area contributed by atoms with Crippen LogP contribution in [0.25, 0.3) is 10.9 Å². The zero-order chi connectivity index (χ0) is 25.2. The predicted molar refractivity (Wildman–Crippen MR) is 139 cm³/mol. The summed E-state index contributed by atoms with van der Waals surface area (Å²) in [6.45, 7) is 0.411. The molecule has 0 radical (unpaired) electrons. The van der Waals surface area contributed by atoms with Crippen molar-refractivity contribution in [2.45, 2.75) is 12.5 Å². The van der Waals surface area contributed by atoms with Gasteiger partial charge in [0.15, 0.2) is 0 Å². The van der Waals surface area contributed by atoms with Crippen molar-refractivity contribution in [2.75, 3.05) is 27.3 Å². The number of rotatable bonds is 8. The summed E-state index contributed by atoms with van der Waals surface area (Å²) in [5.74, 6) is 1.18. The number of aromatic nitrogens is 1. The molecule has 1 N–H and O–H groups in total. The molecule has 1 aliphatic rings. The summed E-state index contributed by atoms with van der Waals surface area (Å²) in [4.78, 5) is 28.4. The van der Waals surface area contributed by atoms with E-state index in [-0.39, 0.29) is 24.4 Å². The summed E-state index contributed by atoms with van der Waals surface area (Å²) in [6, 6.07) is 23.1. The first-order valence-electron chi connectivity index (χ1n) is 11.9. The number of carbonyl (C=O) groups excluding carboxylic acids is 2. The number of nitrogens with one attached hydrogen (secondary N) is 1. The normalized spacial score (nSPS) is 14.7. The number of hydrogen-bond acceptors (Lipinski definition) is 4. The Labute approximate surface area is 210 Å². The quantitative estimate of drug-likeness (QED) is 0.410. The van der Waals surface area contributed by atoms with Crippen molar-refractivity contribution < 1.29 is 19.1 Å². The highest BCUT2D eigenvalue weighted by Gasteiger charge is 2.42. The van der Waals surface area contributed by atoms with Crippen LogP contribution in [0.5, 0.6) is 11.5 Å². The third-order valence-electron chi connectivity index (χ3n) is 6.85. The molecule has 0 bridgehead atoms. The molecule has 0 fully saturated rings. The van der Waals surface area contributed by atoms with Gasteiger partial charge >= 0.3 is 0 Å². The van der Waals surface area contributed by atoms with Crippen molar-refractivity contribution >= 4 is 22.7 Å². The topological polar surface area (TPSA) is 72.8 Å². The molecule has 0 saturated carbocycles. The Hall–Kier alpha value is -4.26.